The minimum atomic E-state index is -0.568. The fourth-order valence-electron chi connectivity index (χ4n) is 4.13. The number of anilines is 2. The summed E-state index contributed by atoms with van der Waals surface area (Å²) in [6, 6.07) is 10.6. The molecule has 9 heteroatoms. The van der Waals surface area contributed by atoms with E-state index >= 15 is 0 Å². The van der Waals surface area contributed by atoms with Gasteiger partial charge in [0.1, 0.15) is 22.8 Å². The van der Waals surface area contributed by atoms with Crippen LogP contribution < -0.4 is 29.3 Å². The van der Waals surface area contributed by atoms with Crippen LogP contribution in [-0.4, -0.2) is 50.8 Å². The molecule has 2 aliphatic rings. The van der Waals surface area contributed by atoms with Crippen LogP contribution in [0.4, 0.5) is 11.4 Å². The zero-order valence-electron chi connectivity index (χ0n) is 19.4. The minimum Gasteiger partial charge on any atom is -0.496 e. The quantitative estimate of drug-likeness (QED) is 0.368. The lowest BCUT2D eigenvalue weighted by Crippen LogP contribution is -2.54. The molecule has 2 aromatic rings. The van der Waals surface area contributed by atoms with Crippen LogP contribution in [-0.2, 0) is 9.59 Å². The lowest BCUT2D eigenvalue weighted by atomic mass is 10.0. The minimum absolute atomic E-state index is 0.0187. The second-order valence-corrected chi connectivity index (χ2v) is 8.23. The number of nitrogens with zero attached hydrogens (tertiary/aromatic N) is 2. The second kappa shape index (κ2) is 10.1. The summed E-state index contributed by atoms with van der Waals surface area (Å²) in [5.41, 5.74) is 1.95. The Kier molecular flexibility index (Phi) is 7.02. The van der Waals surface area contributed by atoms with E-state index < -0.39 is 11.8 Å². The fraction of sp³-hybridized carbons (Fsp3) is 0.320. The van der Waals surface area contributed by atoms with Crippen LogP contribution in [0.5, 0.6) is 17.2 Å². The molecule has 8 nitrogen and oxygen atoms in total. The van der Waals surface area contributed by atoms with Crippen molar-refractivity contribution in [3.05, 3.63) is 47.5 Å². The molecule has 0 bridgehead atoms. The van der Waals surface area contributed by atoms with Crippen LogP contribution in [0.15, 0.2) is 42.0 Å². The summed E-state index contributed by atoms with van der Waals surface area (Å²) >= 11 is 5.30. The number of amides is 2. The number of carbonyl (C=O) groups excluding carboxylic acids is 2. The van der Waals surface area contributed by atoms with Crippen molar-refractivity contribution >= 4 is 46.6 Å². The maximum Gasteiger partial charge on any atom is 0.270 e. The molecule has 0 unspecified atom stereocenters. The predicted octanol–water partition coefficient (Wildman–Crippen LogP) is 3.53. The molecular weight excluding hydrogens is 454 g/mol. The van der Waals surface area contributed by atoms with E-state index in [2.05, 4.69) is 10.2 Å². The smallest absolute Gasteiger partial charge is 0.270 e. The molecule has 0 aliphatic carbocycles. The Hall–Kier alpha value is -3.59. The third-order valence-corrected chi connectivity index (χ3v) is 6.07. The van der Waals surface area contributed by atoms with Crippen LogP contribution in [0, 0.1) is 0 Å². The summed E-state index contributed by atoms with van der Waals surface area (Å²) in [6.45, 7) is 4.31. The van der Waals surface area contributed by atoms with Crippen molar-refractivity contribution in [3.8, 4) is 17.2 Å². The lowest BCUT2D eigenvalue weighted by molar-refractivity contribution is -0.122. The first kappa shape index (κ1) is 23.6. The summed E-state index contributed by atoms with van der Waals surface area (Å²) in [5.74, 6) is 0.773. The first-order valence-corrected chi connectivity index (χ1v) is 11.5. The van der Waals surface area contributed by atoms with E-state index in [0.29, 0.717) is 35.1 Å². The summed E-state index contributed by atoms with van der Waals surface area (Å²) in [4.78, 5) is 29.7. The van der Waals surface area contributed by atoms with Gasteiger partial charge >= 0.3 is 0 Å². The number of hydrogen-bond acceptors (Lipinski definition) is 7. The topological polar surface area (TPSA) is 80.3 Å². The number of ether oxygens (including phenoxy) is 3. The molecule has 2 heterocycles. The maximum atomic E-state index is 13.4. The molecule has 0 atom stereocenters. The number of rotatable bonds is 7. The number of hydrogen-bond donors (Lipinski definition) is 1. The van der Waals surface area contributed by atoms with E-state index in [0.717, 1.165) is 31.6 Å². The molecule has 0 spiro atoms. The number of benzene rings is 2. The molecule has 0 saturated carbocycles. The highest BCUT2D eigenvalue weighted by Crippen LogP contribution is 2.38. The van der Waals surface area contributed by atoms with E-state index in [1.54, 1.807) is 44.6 Å². The second-order valence-electron chi connectivity index (χ2n) is 7.84. The van der Waals surface area contributed by atoms with Gasteiger partial charge in [0.2, 0.25) is 0 Å². The van der Waals surface area contributed by atoms with Gasteiger partial charge in [-0.25, -0.2) is 0 Å². The molecule has 2 saturated heterocycles. The van der Waals surface area contributed by atoms with Crippen molar-refractivity contribution in [2.45, 2.75) is 19.8 Å². The van der Waals surface area contributed by atoms with Crippen molar-refractivity contribution in [1.29, 1.82) is 0 Å². The van der Waals surface area contributed by atoms with Crippen LogP contribution in [0.25, 0.3) is 6.08 Å². The van der Waals surface area contributed by atoms with E-state index in [4.69, 9.17) is 26.4 Å². The Morgan fingerprint density at radius 1 is 1.03 bits per heavy atom. The van der Waals surface area contributed by atoms with Crippen LogP contribution in [0.3, 0.4) is 0 Å². The molecule has 2 aliphatic heterocycles. The first-order chi connectivity index (χ1) is 16.5. The average molecular weight is 482 g/mol. The zero-order valence-corrected chi connectivity index (χ0v) is 20.2. The number of thiocarbonyl (C=S) groups is 1. The lowest BCUT2D eigenvalue weighted by Gasteiger charge is -2.29. The van der Waals surface area contributed by atoms with Crippen molar-refractivity contribution in [2.24, 2.45) is 0 Å². The van der Waals surface area contributed by atoms with Gasteiger partial charge in [-0.15, -0.1) is 0 Å². The summed E-state index contributed by atoms with van der Waals surface area (Å²) in [7, 11) is 3.16. The molecule has 4 rings (SSSR count). The van der Waals surface area contributed by atoms with Crippen molar-refractivity contribution in [3.63, 3.8) is 0 Å². The highest BCUT2D eigenvalue weighted by Gasteiger charge is 2.35. The van der Waals surface area contributed by atoms with Gasteiger partial charge in [-0.1, -0.05) is 0 Å². The largest absolute Gasteiger partial charge is 0.496 e. The van der Waals surface area contributed by atoms with Crippen molar-refractivity contribution in [1.82, 2.24) is 5.32 Å². The van der Waals surface area contributed by atoms with E-state index in [-0.39, 0.29) is 10.7 Å². The molecule has 2 amide bonds. The standard InChI is InChI=1S/C25H27N3O5S/c1-4-33-18-9-7-17(8-10-18)28-24(30)19(23(29)26-25(28)34)13-16-14-22(32-3)20(15-21(16)31-2)27-11-5-6-12-27/h7-10,13-15H,4-6,11-12H2,1-3H3,(H,26,29,34)/b19-13+. The van der Waals surface area contributed by atoms with Gasteiger partial charge < -0.3 is 19.1 Å². The van der Waals surface area contributed by atoms with E-state index in [1.807, 2.05) is 13.0 Å². The molecule has 34 heavy (non-hydrogen) atoms. The normalized spacial score (nSPS) is 17.3. The highest BCUT2D eigenvalue weighted by atomic mass is 32.1. The molecule has 2 fully saturated rings. The van der Waals surface area contributed by atoms with Crippen molar-refractivity contribution in [2.75, 3.05) is 43.7 Å². The molecule has 0 aromatic heterocycles. The predicted molar refractivity (Wildman–Crippen MR) is 135 cm³/mol. The van der Waals surface area contributed by atoms with Crippen LogP contribution >= 0.6 is 12.2 Å². The van der Waals surface area contributed by atoms with Gasteiger partial charge in [-0.2, -0.15) is 0 Å². The molecule has 2 aromatic carbocycles. The van der Waals surface area contributed by atoms with Gasteiger partial charge in [-0.05, 0) is 68.4 Å². The monoisotopic (exact) mass is 481 g/mol. The average Bonchev–Trinajstić information content (AvgIpc) is 3.37. The van der Waals surface area contributed by atoms with E-state index in [1.165, 1.54) is 11.0 Å². The summed E-state index contributed by atoms with van der Waals surface area (Å²) in [5, 5.41) is 2.63. The highest BCUT2D eigenvalue weighted by molar-refractivity contribution is 7.80. The molecule has 0 radical (unpaired) electrons. The Morgan fingerprint density at radius 3 is 2.32 bits per heavy atom. The molecular formula is C25H27N3O5S. The summed E-state index contributed by atoms with van der Waals surface area (Å²) in [6.07, 6.45) is 3.75. The van der Waals surface area contributed by atoms with E-state index in [9.17, 15) is 9.59 Å². The number of methoxy groups -OCH3 is 2. The van der Waals surface area contributed by atoms with Crippen molar-refractivity contribution < 1.29 is 23.8 Å². The van der Waals surface area contributed by atoms with Gasteiger partial charge in [0.05, 0.1) is 32.2 Å². The SMILES string of the molecule is CCOc1ccc(N2C(=O)/C(=C/c3cc(OC)c(N4CCCC4)cc3OC)C(=O)NC2=S)cc1. The molecule has 1 N–H and O–H groups in total. The Bertz CT molecular complexity index is 1140. The van der Waals surface area contributed by atoms with Crippen LogP contribution in [0.2, 0.25) is 0 Å². The Labute approximate surface area is 204 Å². The summed E-state index contributed by atoms with van der Waals surface area (Å²) < 4.78 is 16.7. The molecule has 178 valence electrons. The zero-order chi connectivity index (χ0) is 24.2. The van der Waals surface area contributed by atoms with Gasteiger partial charge in [-0.3, -0.25) is 19.8 Å². The third-order valence-electron chi connectivity index (χ3n) is 5.79. The van der Waals surface area contributed by atoms with Gasteiger partial charge in [0, 0.05) is 24.7 Å². The number of nitrogens with one attached hydrogen (secondary N) is 1. The fourth-order valence-corrected chi connectivity index (χ4v) is 4.41. The van der Waals surface area contributed by atoms with Gasteiger partial charge in [0.15, 0.2) is 5.11 Å². The number of carbonyl (C=O) groups is 2. The first-order valence-electron chi connectivity index (χ1n) is 11.1. The third kappa shape index (κ3) is 4.56. The maximum absolute atomic E-state index is 13.4. The van der Waals surface area contributed by atoms with Gasteiger partial charge in [0.25, 0.3) is 11.8 Å². The van der Waals surface area contributed by atoms with Crippen LogP contribution in [0.1, 0.15) is 25.3 Å². The Morgan fingerprint density at radius 2 is 1.71 bits per heavy atom. The Balaban J connectivity index is 1.71.